The average Bonchev–Trinajstić information content (AvgIpc) is 2.38. The topological polar surface area (TPSA) is 26.3 Å². The van der Waals surface area contributed by atoms with Gasteiger partial charge in [-0.3, -0.25) is 0 Å². The smallest absolute Gasteiger partial charge is 0.338 e. The van der Waals surface area contributed by atoms with Crippen LogP contribution in [0.2, 0.25) is 0 Å². The highest BCUT2D eigenvalue weighted by molar-refractivity contribution is 5.91. The summed E-state index contributed by atoms with van der Waals surface area (Å²) in [5.74, 6) is 1.56. The van der Waals surface area contributed by atoms with Gasteiger partial charge in [0.2, 0.25) is 0 Å². The SMILES string of the molecule is Cc1ccccc1C(=O)O[C@H]1C[C@@H](C)CC[C@@H]1C(C)C. The van der Waals surface area contributed by atoms with Crippen molar-refractivity contribution in [2.24, 2.45) is 17.8 Å². The molecule has 0 saturated heterocycles. The van der Waals surface area contributed by atoms with E-state index in [-0.39, 0.29) is 12.1 Å². The lowest BCUT2D eigenvalue weighted by Gasteiger charge is -2.36. The number of aryl methyl sites for hydroxylation is 1. The van der Waals surface area contributed by atoms with E-state index in [1.165, 1.54) is 12.8 Å². The fraction of sp³-hybridized carbons (Fsp3) is 0.611. The van der Waals surface area contributed by atoms with Crippen LogP contribution in [0.25, 0.3) is 0 Å². The number of ether oxygens (including phenoxy) is 1. The predicted molar refractivity (Wildman–Crippen MR) is 81.7 cm³/mol. The van der Waals surface area contributed by atoms with Crippen molar-refractivity contribution in [1.29, 1.82) is 0 Å². The molecule has 0 heterocycles. The second kappa shape index (κ2) is 6.43. The van der Waals surface area contributed by atoms with Crippen LogP contribution in [0.4, 0.5) is 0 Å². The molecule has 1 aliphatic rings. The largest absolute Gasteiger partial charge is 0.458 e. The lowest BCUT2D eigenvalue weighted by molar-refractivity contribution is -0.0174. The van der Waals surface area contributed by atoms with Gasteiger partial charge in [-0.25, -0.2) is 4.79 Å². The molecule has 1 aromatic carbocycles. The van der Waals surface area contributed by atoms with Gasteiger partial charge in [0, 0.05) is 0 Å². The first-order valence-corrected chi connectivity index (χ1v) is 7.75. The van der Waals surface area contributed by atoms with Crippen molar-refractivity contribution in [3.8, 4) is 0 Å². The molecule has 20 heavy (non-hydrogen) atoms. The Morgan fingerprint density at radius 3 is 2.60 bits per heavy atom. The summed E-state index contributed by atoms with van der Waals surface area (Å²) in [7, 11) is 0. The van der Waals surface area contributed by atoms with Crippen molar-refractivity contribution < 1.29 is 9.53 Å². The summed E-state index contributed by atoms with van der Waals surface area (Å²) in [4.78, 5) is 12.4. The van der Waals surface area contributed by atoms with Crippen molar-refractivity contribution in [2.45, 2.75) is 53.1 Å². The Morgan fingerprint density at radius 2 is 1.95 bits per heavy atom. The zero-order valence-corrected chi connectivity index (χ0v) is 13.1. The van der Waals surface area contributed by atoms with E-state index in [0.717, 1.165) is 12.0 Å². The van der Waals surface area contributed by atoms with E-state index in [9.17, 15) is 4.79 Å². The van der Waals surface area contributed by atoms with Gasteiger partial charge in [-0.2, -0.15) is 0 Å². The van der Waals surface area contributed by atoms with E-state index < -0.39 is 0 Å². The Bertz CT molecular complexity index is 464. The predicted octanol–water partition coefficient (Wildman–Crippen LogP) is 4.61. The molecule has 0 bridgehead atoms. The highest BCUT2D eigenvalue weighted by Gasteiger charge is 2.33. The second-order valence-corrected chi connectivity index (χ2v) is 6.58. The molecular weight excluding hydrogens is 248 g/mol. The van der Waals surface area contributed by atoms with E-state index in [0.29, 0.717) is 23.3 Å². The summed E-state index contributed by atoms with van der Waals surface area (Å²) >= 11 is 0. The third-order valence-electron chi connectivity index (χ3n) is 4.58. The highest BCUT2D eigenvalue weighted by Crippen LogP contribution is 2.35. The Morgan fingerprint density at radius 1 is 1.25 bits per heavy atom. The molecule has 1 fully saturated rings. The number of hydrogen-bond donors (Lipinski definition) is 0. The molecule has 3 atom stereocenters. The molecule has 0 amide bonds. The standard InChI is InChI=1S/C18H26O2/c1-12(2)15-10-9-13(3)11-17(15)20-18(19)16-8-6-5-7-14(16)4/h5-8,12-13,15,17H,9-11H2,1-4H3/t13-,15+,17-/m0/s1. The van der Waals surface area contributed by atoms with Gasteiger partial charge in [0.05, 0.1) is 5.56 Å². The quantitative estimate of drug-likeness (QED) is 0.752. The van der Waals surface area contributed by atoms with Crippen molar-refractivity contribution in [2.75, 3.05) is 0 Å². The van der Waals surface area contributed by atoms with Crippen molar-refractivity contribution in [1.82, 2.24) is 0 Å². The van der Waals surface area contributed by atoms with Crippen molar-refractivity contribution in [3.63, 3.8) is 0 Å². The lowest BCUT2D eigenvalue weighted by Crippen LogP contribution is -2.36. The molecule has 0 aliphatic heterocycles. The van der Waals surface area contributed by atoms with Crippen molar-refractivity contribution in [3.05, 3.63) is 35.4 Å². The van der Waals surface area contributed by atoms with Gasteiger partial charge < -0.3 is 4.74 Å². The molecule has 0 radical (unpaired) electrons. The Balaban J connectivity index is 2.10. The summed E-state index contributed by atoms with van der Waals surface area (Å²) in [5, 5.41) is 0. The van der Waals surface area contributed by atoms with Crippen LogP contribution in [0.15, 0.2) is 24.3 Å². The summed E-state index contributed by atoms with van der Waals surface area (Å²) in [6.45, 7) is 8.68. The molecule has 2 rings (SSSR count). The van der Waals surface area contributed by atoms with E-state index >= 15 is 0 Å². The van der Waals surface area contributed by atoms with Crippen molar-refractivity contribution >= 4 is 5.97 Å². The summed E-state index contributed by atoms with van der Waals surface area (Å²) in [5.41, 5.74) is 1.69. The maximum atomic E-state index is 12.4. The number of esters is 1. The van der Waals surface area contributed by atoms with Crippen LogP contribution in [-0.4, -0.2) is 12.1 Å². The molecule has 0 aromatic heterocycles. The molecule has 1 aromatic rings. The lowest BCUT2D eigenvalue weighted by atomic mass is 9.75. The van der Waals surface area contributed by atoms with E-state index in [2.05, 4.69) is 20.8 Å². The molecule has 0 unspecified atom stereocenters. The molecule has 110 valence electrons. The van der Waals surface area contributed by atoms with Gasteiger partial charge in [-0.1, -0.05) is 45.4 Å². The maximum Gasteiger partial charge on any atom is 0.338 e. The molecule has 1 saturated carbocycles. The van der Waals surface area contributed by atoms with Crippen LogP contribution < -0.4 is 0 Å². The van der Waals surface area contributed by atoms with Gasteiger partial charge in [-0.05, 0) is 49.1 Å². The van der Waals surface area contributed by atoms with E-state index in [4.69, 9.17) is 4.74 Å². The number of carbonyl (C=O) groups excluding carboxylic acids is 1. The minimum Gasteiger partial charge on any atom is -0.458 e. The number of benzene rings is 1. The second-order valence-electron chi connectivity index (χ2n) is 6.58. The molecule has 0 N–H and O–H groups in total. The Kier molecular flexibility index (Phi) is 4.85. The molecular formula is C18H26O2. The van der Waals surface area contributed by atoms with E-state index in [1.54, 1.807) is 0 Å². The van der Waals surface area contributed by atoms with Gasteiger partial charge in [0.25, 0.3) is 0 Å². The van der Waals surface area contributed by atoms with Gasteiger partial charge >= 0.3 is 5.97 Å². The minimum atomic E-state index is -0.159. The van der Waals surface area contributed by atoms with Crippen LogP contribution in [0.5, 0.6) is 0 Å². The van der Waals surface area contributed by atoms with Crippen LogP contribution in [0.1, 0.15) is 56.0 Å². The molecule has 2 nitrogen and oxygen atoms in total. The van der Waals surface area contributed by atoms with Crippen LogP contribution in [-0.2, 0) is 4.74 Å². The first-order valence-electron chi connectivity index (χ1n) is 7.75. The fourth-order valence-corrected chi connectivity index (χ4v) is 3.25. The summed E-state index contributed by atoms with van der Waals surface area (Å²) in [6.07, 6.45) is 3.50. The third-order valence-corrected chi connectivity index (χ3v) is 4.58. The third kappa shape index (κ3) is 3.41. The highest BCUT2D eigenvalue weighted by atomic mass is 16.5. The molecule has 1 aliphatic carbocycles. The first kappa shape index (κ1) is 15.1. The number of carbonyl (C=O) groups is 1. The van der Waals surface area contributed by atoms with Crippen LogP contribution >= 0.6 is 0 Å². The Hall–Kier alpha value is -1.31. The average molecular weight is 274 g/mol. The minimum absolute atomic E-state index is 0.0749. The normalized spacial score (nSPS) is 26.6. The number of hydrogen-bond acceptors (Lipinski definition) is 2. The monoisotopic (exact) mass is 274 g/mol. The summed E-state index contributed by atoms with van der Waals surface area (Å²) < 4.78 is 5.86. The molecule has 0 spiro atoms. The fourth-order valence-electron chi connectivity index (χ4n) is 3.25. The van der Waals surface area contributed by atoms with Gasteiger partial charge in [-0.15, -0.1) is 0 Å². The van der Waals surface area contributed by atoms with Gasteiger partial charge in [0.1, 0.15) is 6.10 Å². The first-order chi connectivity index (χ1) is 9.49. The number of rotatable bonds is 3. The maximum absolute atomic E-state index is 12.4. The zero-order chi connectivity index (χ0) is 14.7. The van der Waals surface area contributed by atoms with Crippen LogP contribution in [0.3, 0.4) is 0 Å². The van der Waals surface area contributed by atoms with E-state index in [1.807, 2.05) is 31.2 Å². The summed E-state index contributed by atoms with van der Waals surface area (Å²) in [6, 6.07) is 7.66. The van der Waals surface area contributed by atoms with Crippen LogP contribution in [0, 0.1) is 24.7 Å². The Labute approximate surface area is 122 Å². The van der Waals surface area contributed by atoms with Gasteiger partial charge in [0.15, 0.2) is 0 Å². The molecule has 2 heteroatoms. The zero-order valence-electron chi connectivity index (χ0n) is 13.1.